The molecular weight excluding hydrogens is 472 g/mol. The molecule has 2 heterocycles. The van der Waals surface area contributed by atoms with E-state index >= 15 is 0 Å². The molecule has 1 saturated heterocycles. The lowest BCUT2D eigenvalue weighted by molar-refractivity contribution is -0.112. The van der Waals surface area contributed by atoms with Crippen LogP contribution in [0.5, 0.6) is 5.88 Å². The van der Waals surface area contributed by atoms with Crippen molar-refractivity contribution in [2.45, 2.75) is 0 Å². The fourth-order valence-corrected chi connectivity index (χ4v) is 4.27. The SMILES string of the molecule is CN1CCON(C(=O)c2ccc(N=C(c3ccccc3)c3c(O)[nH]c4cc(C(=O)O)ccc34)cc2)CC1. The Kier molecular flexibility index (Phi) is 6.72. The van der Waals surface area contributed by atoms with Gasteiger partial charge >= 0.3 is 5.97 Å². The number of rotatable bonds is 5. The maximum atomic E-state index is 12.9. The van der Waals surface area contributed by atoms with Gasteiger partial charge in [0.15, 0.2) is 5.88 Å². The number of H-pyrrole nitrogens is 1. The molecule has 0 aliphatic carbocycles. The molecule has 1 amide bonds. The quantitative estimate of drug-likeness (QED) is 0.357. The lowest BCUT2D eigenvalue weighted by atomic mass is 10.00. The van der Waals surface area contributed by atoms with Gasteiger partial charge in [-0.1, -0.05) is 36.4 Å². The minimum Gasteiger partial charge on any atom is -0.494 e. The van der Waals surface area contributed by atoms with Gasteiger partial charge in [-0.15, -0.1) is 0 Å². The Labute approximate surface area is 213 Å². The van der Waals surface area contributed by atoms with Crippen molar-refractivity contribution in [3.8, 4) is 5.88 Å². The second-order valence-corrected chi connectivity index (χ2v) is 8.83. The number of hydrogen-bond donors (Lipinski definition) is 3. The van der Waals surface area contributed by atoms with Gasteiger partial charge in [-0.25, -0.2) is 14.9 Å². The van der Waals surface area contributed by atoms with Crippen molar-refractivity contribution in [2.24, 2.45) is 4.99 Å². The average Bonchev–Trinajstić information content (AvgIpc) is 3.07. The summed E-state index contributed by atoms with van der Waals surface area (Å²) in [5, 5.41) is 22.2. The minimum absolute atomic E-state index is 0.110. The van der Waals surface area contributed by atoms with Gasteiger partial charge in [-0.05, 0) is 43.4 Å². The van der Waals surface area contributed by atoms with E-state index in [9.17, 15) is 19.8 Å². The van der Waals surface area contributed by atoms with Crippen LogP contribution in [0.1, 0.15) is 31.8 Å². The molecule has 0 bridgehead atoms. The number of likely N-dealkylation sites (N-methyl/N-ethyl adjacent to an activating group) is 1. The second-order valence-electron chi connectivity index (χ2n) is 8.83. The molecule has 188 valence electrons. The monoisotopic (exact) mass is 498 g/mol. The Bertz CT molecular complexity index is 1480. The third-order valence-electron chi connectivity index (χ3n) is 6.30. The lowest BCUT2D eigenvalue weighted by Crippen LogP contribution is -2.33. The third-order valence-corrected chi connectivity index (χ3v) is 6.30. The molecular formula is C28H26N4O5. The summed E-state index contributed by atoms with van der Waals surface area (Å²) in [6.07, 6.45) is 0. The molecule has 0 unspecified atom stereocenters. The van der Waals surface area contributed by atoms with Gasteiger partial charge in [0.05, 0.1) is 35.7 Å². The molecule has 4 aromatic rings. The van der Waals surface area contributed by atoms with Gasteiger partial charge in [0.2, 0.25) is 0 Å². The Hall–Kier alpha value is -4.47. The maximum Gasteiger partial charge on any atom is 0.335 e. The number of aliphatic imine (C=N–C) groups is 1. The van der Waals surface area contributed by atoms with Crippen molar-refractivity contribution in [1.29, 1.82) is 0 Å². The minimum atomic E-state index is -1.05. The van der Waals surface area contributed by atoms with E-state index < -0.39 is 5.97 Å². The summed E-state index contributed by atoms with van der Waals surface area (Å²) in [5.74, 6) is -1.38. The molecule has 9 nitrogen and oxygen atoms in total. The Morgan fingerprint density at radius 1 is 0.919 bits per heavy atom. The summed E-state index contributed by atoms with van der Waals surface area (Å²) in [4.78, 5) is 39.8. The van der Waals surface area contributed by atoms with Gasteiger partial charge in [0, 0.05) is 35.1 Å². The summed E-state index contributed by atoms with van der Waals surface area (Å²) in [6.45, 7) is 2.43. The topological polar surface area (TPSA) is 118 Å². The zero-order valence-corrected chi connectivity index (χ0v) is 20.2. The summed E-state index contributed by atoms with van der Waals surface area (Å²) < 4.78 is 0. The number of amides is 1. The number of aromatic carboxylic acids is 1. The van der Waals surface area contributed by atoms with Crippen LogP contribution in [0.25, 0.3) is 10.9 Å². The molecule has 0 saturated carbocycles. The summed E-state index contributed by atoms with van der Waals surface area (Å²) >= 11 is 0. The predicted molar refractivity (Wildman–Crippen MR) is 140 cm³/mol. The highest BCUT2D eigenvalue weighted by atomic mass is 16.7. The highest BCUT2D eigenvalue weighted by molar-refractivity contribution is 6.22. The average molecular weight is 499 g/mol. The van der Waals surface area contributed by atoms with Crippen molar-refractivity contribution in [1.82, 2.24) is 14.9 Å². The number of nitrogens with one attached hydrogen (secondary N) is 1. The van der Waals surface area contributed by atoms with Crippen LogP contribution in [0.3, 0.4) is 0 Å². The molecule has 9 heteroatoms. The highest BCUT2D eigenvalue weighted by Crippen LogP contribution is 2.32. The van der Waals surface area contributed by atoms with E-state index in [1.54, 1.807) is 30.3 Å². The molecule has 0 atom stereocenters. The number of nitrogens with zero attached hydrogens (tertiary/aromatic N) is 3. The number of aromatic nitrogens is 1. The van der Waals surface area contributed by atoms with Gasteiger partial charge in [0.1, 0.15) is 0 Å². The van der Waals surface area contributed by atoms with Crippen LogP contribution in [-0.4, -0.2) is 76.0 Å². The Morgan fingerprint density at radius 3 is 2.38 bits per heavy atom. The predicted octanol–water partition coefficient (Wildman–Crippen LogP) is 4.06. The van der Waals surface area contributed by atoms with Crippen LogP contribution in [0.4, 0.5) is 5.69 Å². The maximum absolute atomic E-state index is 12.9. The molecule has 0 radical (unpaired) electrons. The van der Waals surface area contributed by atoms with Crippen LogP contribution in [-0.2, 0) is 4.84 Å². The molecule has 37 heavy (non-hydrogen) atoms. The zero-order valence-electron chi connectivity index (χ0n) is 20.2. The molecule has 1 aromatic heterocycles. The number of hydrogen-bond acceptors (Lipinski definition) is 6. The molecule has 5 rings (SSSR count). The first kappa shape index (κ1) is 24.2. The van der Waals surface area contributed by atoms with E-state index in [1.165, 1.54) is 17.2 Å². The van der Waals surface area contributed by atoms with E-state index in [1.807, 2.05) is 37.4 Å². The van der Waals surface area contributed by atoms with Crippen molar-refractivity contribution >= 4 is 34.2 Å². The summed E-state index contributed by atoms with van der Waals surface area (Å²) in [5.41, 5.74) is 3.40. The number of carboxylic acids is 1. The second kappa shape index (κ2) is 10.3. The van der Waals surface area contributed by atoms with E-state index in [0.717, 1.165) is 18.7 Å². The van der Waals surface area contributed by atoms with Crippen molar-refractivity contribution < 1.29 is 24.6 Å². The van der Waals surface area contributed by atoms with Crippen LogP contribution in [0, 0.1) is 0 Å². The van der Waals surface area contributed by atoms with E-state index in [0.29, 0.717) is 46.6 Å². The number of aromatic hydroxyl groups is 1. The van der Waals surface area contributed by atoms with Crippen LogP contribution < -0.4 is 0 Å². The van der Waals surface area contributed by atoms with Gasteiger partial charge in [-0.3, -0.25) is 9.63 Å². The normalized spacial score (nSPS) is 15.1. The number of hydroxylamine groups is 2. The van der Waals surface area contributed by atoms with E-state index in [2.05, 4.69) is 9.88 Å². The number of carboxylic acid groups (broad SMARTS) is 1. The smallest absolute Gasteiger partial charge is 0.335 e. The zero-order chi connectivity index (χ0) is 25.9. The van der Waals surface area contributed by atoms with Crippen molar-refractivity contribution in [3.63, 3.8) is 0 Å². The third kappa shape index (κ3) is 5.09. The number of carbonyl (C=O) groups is 2. The number of benzene rings is 3. The molecule has 1 fully saturated rings. The Morgan fingerprint density at radius 2 is 1.65 bits per heavy atom. The summed E-state index contributed by atoms with van der Waals surface area (Å²) in [7, 11) is 1.99. The van der Waals surface area contributed by atoms with Crippen LogP contribution in [0.15, 0.2) is 77.8 Å². The first-order valence-electron chi connectivity index (χ1n) is 11.9. The highest BCUT2D eigenvalue weighted by Gasteiger charge is 2.21. The first-order chi connectivity index (χ1) is 17.9. The van der Waals surface area contributed by atoms with E-state index in [-0.39, 0.29) is 17.4 Å². The molecule has 3 N–H and O–H groups in total. The molecule has 1 aliphatic heterocycles. The van der Waals surface area contributed by atoms with E-state index in [4.69, 9.17) is 9.83 Å². The molecule has 1 aliphatic rings. The number of fused-ring (bicyclic) bond motifs is 1. The number of carbonyl (C=O) groups excluding carboxylic acids is 1. The van der Waals surface area contributed by atoms with Crippen LogP contribution >= 0.6 is 0 Å². The standard InChI is InChI=1S/C28H26N4O5/c1-31-13-14-32(37-16-15-31)27(34)19-7-10-21(11-8-19)29-25(18-5-3-2-4-6-18)24-22-12-9-20(28(35)36)17-23(22)30-26(24)33/h2-12,17,30,33H,13-16H2,1H3,(H,35,36). The first-order valence-corrected chi connectivity index (χ1v) is 11.9. The van der Waals surface area contributed by atoms with Crippen molar-refractivity contribution in [3.05, 3.63) is 95.1 Å². The van der Waals surface area contributed by atoms with Crippen LogP contribution in [0.2, 0.25) is 0 Å². The molecule has 0 spiro atoms. The fourth-order valence-electron chi connectivity index (χ4n) is 4.27. The molecule has 3 aromatic carbocycles. The van der Waals surface area contributed by atoms with Gasteiger partial charge < -0.3 is 20.1 Å². The van der Waals surface area contributed by atoms with Crippen molar-refractivity contribution in [2.75, 3.05) is 33.3 Å². The largest absolute Gasteiger partial charge is 0.494 e. The lowest BCUT2D eigenvalue weighted by Gasteiger charge is -2.19. The number of aromatic amines is 1. The van der Waals surface area contributed by atoms with Gasteiger partial charge in [0.25, 0.3) is 5.91 Å². The summed E-state index contributed by atoms with van der Waals surface area (Å²) in [6, 6.07) is 20.9. The Balaban J connectivity index is 1.52. The fraction of sp³-hybridized carbons (Fsp3) is 0.179. The van der Waals surface area contributed by atoms with Gasteiger partial charge in [-0.2, -0.15) is 0 Å².